The summed E-state index contributed by atoms with van der Waals surface area (Å²) in [6, 6.07) is 0.0649. The van der Waals surface area contributed by atoms with Gasteiger partial charge in [0.2, 0.25) is 0 Å². The summed E-state index contributed by atoms with van der Waals surface area (Å²) in [5, 5.41) is 6.95. The molecule has 0 radical (unpaired) electrons. The predicted molar refractivity (Wildman–Crippen MR) is 85.1 cm³/mol. The van der Waals surface area contributed by atoms with Crippen LogP contribution in [0.4, 0.5) is 0 Å². The average Bonchev–Trinajstić information content (AvgIpc) is 3.20. The largest absolute Gasteiger partial charge is 0.361 e. The van der Waals surface area contributed by atoms with Crippen molar-refractivity contribution in [3.05, 3.63) is 33.1 Å². The molecule has 1 unspecified atom stereocenters. The maximum atomic E-state index is 12.8. The van der Waals surface area contributed by atoms with Gasteiger partial charge in [-0.1, -0.05) is 12.1 Å². The van der Waals surface area contributed by atoms with Crippen LogP contribution in [-0.2, 0) is 6.42 Å². The molecule has 0 bridgehead atoms. The van der Waals surface area contributed by atoms with Crippen molar-refractivity contribution < 1.29 is 9.32 Å². The van der Waals surface area contributed by atoms with Crippen molar-refractivity contribution in [1.29, 1.82) is 0 Å². The summed E-state index contributed by atoms with van der Waals surface area (Å²) in [5.74, 6) is 0.841. The molecule has 1 fully saturated rings. The molecule has 6 heteroatoms. The standard InChI is InChI=1S/C16H21N3O2S/c1-4-6-14-17-12(9-22-14)16(20)19-8-5-7-13(19)15-10(2)18-21-11(15)3/h9,13H,4-8H2,1-3H3. The Balaban J connectivity index is 1.84. The first-order valence-electron chi connectivity index (χ1n) is 7.80. The van der Waals surface area contributed by atoms with Gasteiger partial charge in [-0.2, -0.15) is 0 Å². The first-order chi connectivity index (χ1) is 10.6. The fraction of sp³-hybridized carbons (Fsp3) is 0.562. The minimum Gasteiger partial charge on any atom is -0.361 e. The van der Waals surface area contributed by atoms with Crippen LogP contribution in [0, 0.1) is 13.8 Å². The van der Waals surface area contributed by atoms with Crippen LogP contribution in [0.2, 0.25) is 0 Å². The number of likely N-dealkylation sites (tertiary alicyclic amines) is 1. The zero-order valence-electron chi connectivity index (χ0n) is 13.3. The first kappa shape index (κ1) is 15.2. The van der Waals surface area contributed by atoms with Crippen LogP contribution in [0.3, 0.4) is 0 Å². The van der Waals surface area contributed by atoms with E-state index in [2.05, 4.69) is 17.1 Å². The van der Waals surface area contributed by atoms with Crippen LogP contribution >= 0.6 is 11.3 Å². The van der Waals surface area contributed by atoms with E-state index in [0.29, 0.717) is 5.69 Å². The molecule has 1 aliphatic heterocycles. The second-order valence-electron chi connectivity index (χ2n) is 5.77. The Kier molecular flexibility index (Phi) is 4.29. The Morgan fingerprint density at radius 1 is 1.50 bits per heavy atom. The summed E-state index contributed by atoms with van der Waals surface area (Å²) < 4.78 is 5.28. The molecule has 1 atom stereocenters. The van der Waals surface area contributed by atoms with E-state index in [9.17, 15) is 4.79 Å². The van der Waals surface area contributed by atoms with Gasteiger partial charge in [0.05, 0.1) is 16.7 Å². The molecule has 5 nitrogen and oxygen atoms in total. The monoisotopic (exact) mass is 319 g/mol. The number of hydrogen-bond acceptors (Lipinski definition) is 5. The zero-order valence-corrected chi connectivity index (χ0v) is 14.1. The van der Waals surface area contributed by atoms with E-state index in [1.807, 2.05) is 24.1 Å². The predicted octanol–water partition coefficient (Wildman–Crippen LogP) is 3.68. The number of aromatic nitrogens is 2. The number of carbonyl (C=O) groups excluding carboxylic acids is 1. The van der Waals surface area contributed by atoms with E-state index in [1.54, 1.807) is 11.3 Å². The highest BCUT2D eigenvalue weighted by Crippen LogP contribution is 2.36. The van der Waals surface area contributed by atoms with E-state index in [0.717, 1.165) is 54.3 Å². The third-order valence-corrected chi connectivity index (χ3v) is 5.08. The van der Waals surface area contributed by atoms with Gasteiger partial charge >= 0.3 is 0 Å². The first-order valence-corrected chi connectivity index (χ1v) is 8.68. The molecule has 1 amide bonds. The molecule has 0 spiro atoms. The lowest BCUT2D eigenvalue weighted by Gasteiger charge is -2.24. The Morgan fingerprint density at radius 3 is 3.00 bits per heavy atom. The van der Waals surface area contributed by atoms with Gasteiger partial charge in [0.25, 0.3) is 5.91 Å². The molecule has 1 aliphatic rings. The molecule has 118 valence electrons. The minimum atomic E-state index is 0.0288. The summed E-state index contributed by atoms with van der Waals surface area (Å²) in [4.78, 5) is 19.2. The maximum absolute atomic E-state index is 12.8. The summed E-state index contributed by atoms with van der Waals surface area (Å²) in [6.45, 7) is 6.75. The van der Waals surface area contributed by atoms with Crippen molar-refractivity contribution in [2.24, 2.45) is 0 Å². The second kappa shape index (κ2) is 6.20. The van der Waals surface area contributed by atoms with Crippen molar-refractivity contribution in [3.63, 3.8) is 0 Å². The molecule has 1 saturated heterocycles. The molecule has 0 saturated carbocycles. The highest BCUT2D eigenvalue weighted by Gasteiger charge is 2.35. The smallest absolute Gasteiger partial charge is 0.273 e. The van der Waals surface area contributed by atoms with Gasteiger partial charge in [-0.3, -0.25) is 4.79 Å². The Labute approximate surface area is 134 Å². The third kappa shape index (κ3) is 2.67. The zero-order chi connectivity index (χ0) is 15.7. The van der Waals surface area contributed by atoms with E-state index in [-0.39, 0.29) is 11.9 Å². The van der Waals surface area contributed by atoms with Crippen molar-refractivity contribution in [3.8, 4) is 0 Å². The number of aryl methyl sites for hydroxylation is 3. The fourth-order valence-electron chi connectivity index (χ4n) is 3.16. The Bertz CT molecular complexity index is 657. The van der Waals surface area contributed by atoms with E-state index in [1.165, 1.54) is 0 Å². The Morgan fingerprint density at radius 2 is 2.32 bits per heavy atom. The third-order valence-electron chi connectivity index (χ3n) is 4.17. The number of nitrogens with zero attached hydrogens (tertiary/aromatic N) is 3. The SMILES string of the molecule is CCCc1nc(C(=O)N2CCCC2c2c(C)noc2C)cs1. The molecule has 0 N–H and O–H groups in total. The summed E-state index contributed by atoms with van der Waals surface area (Å²) in [7, 11) is 0. The van der Waals surface area contributed by atoms with Crippen molar-refractivity contribution in [2.45, 2.75) is 52.5 Å². The molecule has 3 rings (SSSR count). The lowest BCUT2D eigenvalue weighted by molar-refractivity contribution is 0.0729. The van der Waals surface area contributed by atoms with Gasteiger partial charge in [0, 0.05) is 17.5 Å². The molecule has 0 aliphatic carbocycles. The van der Waals surface area contributed by atoms with E-state index >= 15 is 0 Å². The van der Waals surface area contributed by atoms with Crippen LogP contribution in [-0.4, -0.2) is 27.5 Å². The topological polar surface area (TPSA) is 59.2 Å². The van der Waals surface area contributed by atoms with Crippen LogP contribution in [0.5, 0.6) is 0 Å². The van der Waals surface area contributed by atoms with Gasteiger partial charge in [-0.15, -0.1) is 11.3 Å². The molecular weight excluding hydrogens is 298 g/mol. The number of carbonyl (C=O) groups is 1. The normalized spacial score (nSPS) is 18.1. The summed E-state index contributed by atoms with van der Waals surface area (Å²) >= 11 is 1.58. The van der Waals surface area contributed by atoms with Gasteiger partial charge in [-0.25, -0.2) is 4.98 Å². The minimum absolute atomic E-state index is 0.0288. The highest BCUT2D eigenvalue weighted by molar-refractivity contribution is 7.09. The molecule has 0 aromatic carbocycles. The lowest BCUT2D eigenvalue weighted by atomic mass is 10.0. The van der Waals surface area contributed by atoms with Gasteiger partial charge in [-0.05, 0) is 39.5 Å². The summed E-state index contributed by atoms with van der Waals surface area (Å²) in [5.41, 5.74) is 2.52. The van der Waals surface area contributed by atoms with Crippen LogP contribution in [0.15, 0.2) is 9.90 Å². The van der Waals surface area contributed by atoms with Gasteiger partial charge < -0.3 is 9.42 Å². The van der Waals surface area contributed by atoms with E-state index < -0.39 is 0 Å². The molecule has 2 aromatic rings. The molecular formula is C16H21N3O2S. The quantitative estimate of drug-likeness (QED) is 0.862. The second-order valence-corrected chi connectivity index (χ2v) is 6.71. The number of hydrogen-bond donors (Lipinski definition) is 0. The van der Waals surface area contributed by atoms with Gasteiger partial charge in [0.1, 0.15) is 11.5 Å². The van der Waals surface area contributed by atoms with E-state index in [4.69, 9.17) is 4.52 Å². The van der Waals surface area contributed by atoms with Crippen molar-refractivity contribution in [1.82, 2.24) is 15.0 Å². The fourth-order valence-corrected chi connectivity index (χ4v) is 4.03. The highest BCUT2D eigenvalue weighted by atomic mass is 32.1. The molecule has 22 heavy (non-hydrogen) atoms. The van der Waals surface area contributed by atoms with Crippen LogP contribution in [0.1, 0.15) is 64.7 Å². The number of rotatable bonds is 4. The van der Waals surface area contributed by atoms with Crippen LogP contribution < -0.4 is 0 Å². The molecule has 2 aromatic heterocycles. The van der Waals surface area contributed by atoms with Crippen LogP contribution in [0.25, 0.3) is 0 Å². The Hall–Kier alpha value is -1.69. The number of amides is 1. The number of thiazole rings is 1. The van der Waals surface area contributed by atoms with Crippen molar-refractivity contribution in [2.75, 3.05) is 6.54 Å². The summed E-state index contributed by atoms with van der Waals surface area (Å²) in [6.07, 6.45) is 3.95. The lowest BCUT2D eigenvalue weighted by Crippen LogP contribution is -2.31. The average molecular weight is 319 g/mol. The van der Waals surface area contributed by atoms with Gasteiger partial charge in [0.15, 0.2) is 0 Å². The van der Waals surface area contributed by atoms with Crippen molar-refractivity contribution >= 4 is 17.2 Å². The maximum Gasteiger partial charge on any atom is 0.273 e. The molecule has 3 heterocycles.